The zero-order valence-corrected chi connectivity index (χ0v) is 16.8. The van der Waals surface area contributed by atoms with Crippen molar-refractivity contribution in [2.24, 2.45) is 0 Å². The highest BCUT2D eigenvalue weighted by molar-refractivity contribution is 5.79. The number of rotatable bonds is 6. The molecule has 1 aliphatic rings. The van der Waals surface area contributed by atoms with Crippen molar-refractivity contribution in [3.8, 4) is 17.4 Å². The van der Waals surface area contributed by atoms with Gasteiger partial charge in [-0.05, 0) is 24.6 Å². The number of hydrogen-bond acceptors (Lipinski definition) is 5. The van der Waals surface area contributed by atoms with Crippen LogP contribution in [-0.4, -0.2) is 60.0 Å². The fourth-order valence-corrected chi connectivity index (χ4v) is 2.92. The van der Waals surface area contributed by atoms with E-state index >= 15 is 0 Å². The summed E-state index contributed by atoms with van der Waals surface area (Å²) in [5, 5.41) is 2.88. The van der Waals surface area contributed by atoms with Crippen LogP contribution in [0.5, 0.6) is 17.4 Å². The molecule has 0 spiro atoms. The first-order valence-electron chi connectivity index (χ1n) is 9.68. The predicted molar refractivity (Wildman–Crippen MR) is 108 cm³/mol. The number of para-hydroxylation sites is 2. The van der Waals surface area contributed by atoms with E-state index in [4.69, 9.17) is 9.47 Å². The van der Waals surface area contributed by atoms with Gasteiger partial charge in [-0.15, -0.1) is 0 Å². The van der Waals surface area contributed by atoms with Crippen LogP contribution in [0.1, 0.15) is 18.9 Å². The van der Waals surface area contributed by atoms with E-state index in [0.717, 1.165) is 5.56 Å². The summed E-state index contributed by atoms with van der Waals surface area (Å²) < 4.78 is 11.4. The number of nitrogens with zero attached hydrogens (tertiary/aromatic N) is 3. The van der Waals surface area contributed by atoms with Gasteiger partial charge in [0.1, 0.15) is 0 Å². The topological polar surface area (TPSA) is 84.0 Å². The quantitative estimate of drug-likeness (QED) is 0.809. The van der Waals surface area contributed by atoms with Crippen molar-refractivity contribution in [2.75, 3.05) is 33.3 Å². The maximum atomic E-state index is 12.4. The number of hydrogen-bond donors (Lipinski definition) is 1. The minimum atomic E-state index is -0.181. The van der Waals surface area contributed by atoms with Crippen molar-refractivity contribution in [3.05, 3.63) is 48.2 Å². The smallest absolute Gasteiger partial charge is 0.317 e. The minimum Gasteiger partial charge on any atom is -0.490 e. The first kappa shape index (κ1) is 20.4. The summed E-state index contributed by atoms with van der Waals surface area (Å²) >= 11 is 0. The zero-order valence-electron chi connectivity index (χ0n) is 16.8. The van der Waals surface area contributed by atoms with Crippen LogP contribution in [0.4, 0.5) is 4.79 Å². The average molecular weight is 398 g/mol. The third-order valence-electron chi connectivity index (χ3n) is 4.62. The molecule has 29 heavy (non-hydrogen) atoms. The lowest BCUT2D eigenvalue weighted by atomic mass is 10.3. The van der Waals surface area contributed by atoms with E-state index in [1.54, 1.807) is 29.1 Å². The fraction of sp³-hybridized carbons (Fsp3) is 0.381. The number of urea groups is 1. The van der Waals surface area contributed by atoms with Gasteiger partial charge in [0, 0.05) is 51.9 Å². The van der Waals surface area contributed by atoms with E-state index in [1.807, 2.05) is 37.3 Å². The maximum Gasteiger partial charge on any atom is 0.317 e. The first-order chi connectivity index (χ1) is 14.1. The molecule has 3 rings (SSSR count). The standard InChI is InChI=1S/C21H26N4O4/c1-3-28-17-6-4-5-7-18(17)29-19-9-8-16(14-22-19)15-23-21(27)25-11-10-20(26)24(2)12-13-25/h4-9,14H,3,10-13,15H2,1-2H3,(H,23,27). The molecule has 0 saturated carbocycles. The number of benzene rings is 1. The molecule has 1 N–H and O–H groups in total. The summed E-state index contributed by atoms with van der Waals surface area (Å²) in [6.07, 6.45) is 2.01. The normalized spacial score (nSPS) is 14.3. The highest BCUT2D eigenvalue weighted by Crippen LogP contribution is 2.30. The largest absolute Gasteiger partial charge is 0.490 e. The summed E-state index contributed by atoms with van der Waals surface area (Å²) in [6.45, 7) is 4.32. The molecule has 1 saturated heterocycles. The van der Waals surface area contributed by atoms with Crippen molar-refractivity contribution in [2.45, 2.75) is 19.9 Å². The molecule has 0 unspecified atom stereocenters. The zero-order chi connectivity index (χ0) is 20.6. The van der Waals surface area contributed by atoms with Crippen LogP contribution in [0.25, 0.3) is 0 Å². The number of aromatic nitrogens is 1. The molecule has 1 aliphatic heterocycles. The molecular weight excluding hydrogens is 372 g/mol. The van der Waals surface area contributed by atoms with Gasteiger partial charge < -0.3 is 24.6 Å². The van der Waals surface area contributed by atoms with E-state index in [1.165, 1.54) is 0 Å². The second kappa shape index (κ2) is 9.77. The SMILES string of the molecule is CCOc1ccccc1Oc1ccc(CNC(=O)N2CCC(=O)N(C)CC2)cn1. The van der Waals surface area contributed by atoms with Gasteiger partial charge in [0.25, 0.3) is 0 Å². The molecule has 0 aliphatic carbocycles. The number of likely N-dealkylation sites (N-methyl/N-ethyl adjacent to an activating group) is 1. The first-order valence-corrected chi connectivity index (χ1v) is 9.68. The molecule has 1 aromatic carbocycles. The lowest BCUT2D eigenvalue weighted by molar-refractivity contribution is -0.129. The fourth-order valence-electron chi connectivity index (χ4n) is 2.92. The maximum absolute atomic E-state index is 12.4. The molecule has 8 heteroatoms. The number of ether oxygens (including phenoxy) is 2. The van der Waals surface area contributed by atoms with Gasteiger partial charge in [-0.2, -0.15) is 0 Å². The van der Waals surface area contributed by atoms with Crippen molar-refractivity contribution in [1.29, 1.82) is 0 Å². The lowest BCUT2D eigenvalue weighted by Crippen LogP contribution is -2.41. The van der Waals surface area contributed by atoms with E-state index < -0.39 is 0 Å². The van der Waals surface area contributed by atoms with Crippen molar-refractivity contribution in [1.82, 2.24) is 20.1 Å². The van der Waals surface area contributed by atoms with Gasteiger partial charge in [0.15, 0.2) is 11.5 Å². The van der Waals surface area contributed by atoms with Gasteiger partial charge in [0.2, 0.25) is 11.8 Å². The Hall–Kier alpha value is -3.29. The second-order valence-electron chi connectivity index (χ2n) is 6.70. The van der Waals surface area contributed by atoms with Crippen LogP contribution in [0.15, 0.2) is 42.6 Å². The summed E-state index contributed by atoms with van der Waals surface area (Å²) in [6, 6.07) is 10.8. The number of carbonyl (C=O) groups is 2. The van der Waals surface area contributed by atoms with Crippen molar-refractivity contribution >= 4 is 11.9 Å². The van der Waals surface area contributed by atoms with Crippen LogP contribution in [0.2, 0.25) is 0 Å². The number of nitrogens with one attached hydrogen (secondary N) is 1. The van der Waals surface area contributed by atoms with Crippen LogP contribution >= 0.6 is 0 Å². The van der Waals surface area contributed by atoms with Gasteiger partial charge >= 0.3 is 6.03 Å². The minimum absolute atomic E-state index is 0.0611. The third-order valence-corrected chi connectivity index (χ3v) is 4.62. The van der Waals surface area contributed by atoms with Gasteiger partial charge in [-0.1, -0.05) is 18.2 Å². The third kappa shape index (κ3) is 5.60. The Balaban J connectivity index is 1.53. The monoisotopic (exact) mass is 398 g/mol. The second-order valence-corrected chi connectivity index (χ2v) is 6.70. The Bertz CT molecular complexity index is 841. The Labute approximate surface area is 170 Å². The van der Waals surface area contributed by atoms with Crippen LogP contribution in [-0.2, 0) is 11.3 Å². The van der Waals surface area contributed by atoms with Gasteiger partial charge in [0.05, 0.1) is 6.61 Å². The number of pyridine rings is 1. The van der Waals surface area contributed by atoms with E-state index in [-0.39, 0.29) is 11.9 Å². The molecule has 1 fully saturated rings. The predicted octanol–water partition coefficient (Wildman–Crippen LogP) is 2.65. The van der Waals surface area contributed by atoms with Crippen LogP contribution in [0, 0.1) is 0 Å². The molecule has 0 radical (unpaired) electrons. The Morgan fingerprint density at radius 3 is 2.66 bits per heavy atom. The average Bonchev–Trinajstić information content (AvgIpc) is 2.90. The molecule has 1 aromatic heterocycles. The summed E-state index contributed by atoms with van der Waals surface area (Å²) in [7, 11) is 1.76. The summed E-state index contributed by atoms with van der Waals surface area (Å²) in [4.78, 5) is 31.7. The van der Waals surface area contributed by atoms with Crippen LogP contribution in [0.3, 0.4) is 0 Å². The highest BCUT2D eigenvalue weighted by atomic mass is 16.5. The lowest BCUT2D eigenvalue weighted by Gasteiger charge is -2.20. The Morgan fingerprint density at radius 2 is 1.93 bits per heavy atom. The number of carbonyl (C=O) groups excluding carboxylic acids is 2. The van der Waals surface area contributed by atoms with Gasteiger partial charge in [-0.25, -0.2) is 9.78 Å². The van der Waals surface area contributed by atoms with E-state index in [9.17, 15) is 9.59 Å². The van der Waals surface area contributed by atoms with Crippen LogP contribution < -0.4 is 14.8 Å². The molecule has 0 atom stereocenters. The summed E-state index contributed by atoms with van der Waals surface area (Å²) in [5.41, 5.74) is 0.854. The molecule has 154 valence electrons. The molecule has 8 nitrogen and oxygen atoms in total. The van der Waals surface area contributed by atoms with Crippen molar-refractivity contribution < 1.29 is 19.1 Å². The van der Waals surface area contributed by atoms with E-state index in [2.05, 4.69) is 10.3 Å². The molecule has 0 bridgehead atoms. The molecule has 2 heterocycles. The molecule has 2 aromatic rings. The molecular formula is C21H26N4O4. The van der Waals surface area contributed by atoms with Gasteiger partial charge in [-0.3, -0.25) is 4.79 Å². The Kier molecular flexibility index (Phi) is 6.89. The van der Waals surface area contributed by atoms with Crippen molar-refractivity contribution in [3.63, 3.8) is 0 Å². The molecule has 3 amide bonds. The Morgan fingerprint density at radius 1 is 1.14 bits per heavy atom. The summed E-state index contributed by atoms with van der Waals surface area (Å²) in [5.74, 6) is 1.77. The highest BCUT2D eigenvalue weighted by Gasteiger charge is 2.21. The van der Waals surface area contributed by atoms with E-state index in [0.29, 0.717) is 56.6 Å². The number of amides is 3.